The lowest BCUT2D eigenvalue weighted by Crippen LogP contribution is -2.50. The van der Waals surface area contributed by atoms with E-state index in [-0.39, 0.29) is 29.5 Å². The highest BCUT2D eigenvalue weighted by Crippen LogP contribution is 2.12. The Bertz CT molecular complexity index is 680. The van der Waals surface area contributed by atoms with Crippen molar-refractivity contribution in [2.24, 2.45) is 0 Å². The van der Waals surface area contributed by atoms with Crippen molar-refractivity contribution in [3.8, 4) is 0 Å². The molecule has 8 heteroatoms. The van der Waals surface area contributed by atoms with Crippen molar-refractivity contribution in [3.63, 3.8) is 0 Å². The number of ether oxygens (including phenoxy) is 1. The van der Waals surface area contributed by atoms with E-state index >= 15 is 0 Å². The molecule has 0 spiro atoms. The Morgan fingerprint density at radius 3 is 2.62 bits per heavy atom. The van der Waals surface area contributed by atoms with E-state index in [1.165, 1.54) is 19.2 Å². The van der Waals surface area contributed by atoms with Crippen LogP contribution in [0.5, 0.6) is 0 Å². The first-order valence-corrected chi connectivity index (χ1v) is 8.95. The first-order valence-electron chi connectivity index (χ1n) is 8.95. The number of carbonyl (C=O) groups is 3. The summed E-state index contributed by atoms with van der Waals surface area (Å²) in [4.78, 5) is 43.8. The molecule has 3 amide bonds. The third-order valence-electron chi connectivity index (χ3n) is 4.77. The fourth-order valence-electron chi connectivity index (χ4n) is 3.19. The minimum atomic E-state index is -0.238. The maximum absolute atomic E-state index is 12.6. The lowest BCUT2D eigenvalue weighted by Gasteiger charge is -2.34. The van der Waals surface area contributed by atoms with E-state index < -0.39 is 0 Å². The Balaban J connectivity index is 1.58. The van der Waals surface area contributed by atoms with Gasteiger partial charge in [0.2, 0.25) is 5.91 Å². The Hall–Kier alpha value is -2.48. The Kier molecular flexibility index (Phi) is 5.82. The molecule has 3 heterocycles. The standard InChI is InChI=1S/C18H24N4O4/c1-13(23)21-6-8-22(9-7-21)18(25)16-11-14(4-5-19-16)17(24)20-12-15-3-2-10-26-15/h4-5,11,15H,2-3,6-10,12H2,1H3,(H,20,24). The monoisotopic (exact) mass is 360 g/mol. The van der Waals surface area contributed by atoms with Crippen LogP contribution in [0, 0.1) is 0 Å². The topological polar surface area (TPSA) is 91.8 Å². The number of carbonyl (C=O) groups excluding carboxylic acids is 3. The predicted molar refractivity (Wildman–Crippen MR) is 93.7 cm³/mol. The lowest BCUT2D eigenvalue weighted by molar-refractivity contribution is -0.130. The van der Waals surface area contributed by atoms with Gasteiger partial charge in [-0.1, -0.05) is 0 Å². The SMILES string of the molecule is CC(=O)N1CCN(C(=O)c2cc(C(=O)NCC3CCCO3)ccn2)CC1. The average molecular weight is 360 g/mol. The Labute approximate surface area is 152 Å². The van der Waals surface area contributed by atoms with Crippen LogP contribution in [0.2, 0.25) is 0 Å². The van der Waals surface area contributed by atoms with Gasteiger partial charge in [-0.05, 0) is 25.0 Å². The molecule has 0 aliphatic carbocycles. The molecule has 2 fully saturated rings. The van der Waals surface area contributed by atoms with Gasteiger partial charge >= 0.3 is 0 Å². The molecule has 2 saturated heterocycles. The molecule has 0 saturated carbocycles. The third-order valence-corrected chi connectivity index (χ3v) is 4.77. The molecule has 2 aliphatic rings. The molecule has 3 rings (SSSR count). The van der Waals surface area contributed by atoms with Crippen molar-refractivity contribution in [1.29, 1.82) is 0 Å². The largest absolute Gasteiger partial charge is 0.376 e. The number of piperazine rings is 1. The molecule has 26 heavy (non-hydrogen) atoms. The first kappa shape index (κ1) is 18.3. The summed E-state index contributed by atoms with van der Waals surface area (Å²) in [6, 6.07) is 3.11. The van der Waals surface area contributed by atoms with Gasteiger partial charge in [0.15, 0.2) is 0 Å². The maximum Gasteiger partial charge on any atom is 0.272 e. The summed E-state index contributed by atoms with van der Waals surface area (Å²) in [6.07, 6.45) is 3.51. The molecule has 1 unspecified atom stereocenters. The van der Waals surface area contributed by atoms with Crippen LogP contribution in [0.15, 0.2) is 18.3 Å². The summed E-state index contributed by atoms with van der Waals surface area (Å²) in [5.74, 6) is -0.444. The molecule has 8 nitrogen and oxygen atoms in total. The van der Waals surface area contributed by atoms with Crippen LogP contribution in [0.3, 0.4) is 0 Å². The molecule has 0 bridgehead atoms. The van der Waals surface area contributed by atoms with Crippen LogP contribution in [-0.2, 0) is 9.53 Å². The Morgan fingerprint density at radius 2 is 1.96 bits per heavy atom. The normalized spacial score (nSPS) is 20.1. The number of aromatic nitrogens is 1. The van der Waals surface area contributed by atoms with Crippen LogP contribution in [0.25, 0.3) is 0 Å². The van der Waals surface area contributed by atoms with Gasteiger partial charge in [0.25, 0.3) is 11.8 Å². The van der Waals surface area contributed by atoms with Crippen LogP contribution in [0.4, 0.5) is 0 Å². The van der Waals surface area contributed by atoms with Gasteiger partial charge in [-0.2, -0.15) is 0 Å². The number of hydrogen-bond acceptors (Lipinski definition) is 5. The lowest BCUT2D eigenvalue weighted by atomic mass is 10.2. The molecular weight excluding hydrogens is 336 g/mol. The van der Waals surface area contributed by atoms with Gasteiger partial charge in [-0.15, -0.1) is 0 Å². The van der Waals surface area contributed by atoms with Crippen molar-refractivity contribution < 1.29 is 19.1 Å². The van der Waals surface area contributed by atoms with Crippen molar-refractivity contribution in [2.45, 2.75) is 25.9 Å². The van der Waals surface area contributed by atoms with E-state index in [1.54, 1.807) is 15.9 Å². The minimum absolute atomic E-state index is 0.0140. The van der Waals surface area contributed by atoms with Crippen molar-refractivity contribution in [2.75, 3.05) is 39.3 Å². The van der Waals surface area contributed by atoms with E-state index in [1.807, 2.05) is 0 Å². The molecule has 2 aliphatic heterocycles. The zero-order chi connectivity index (χ0) is 18.5. The molecule has 0 aromatic carbocycles. The highest BCUT2D eigenvalue weighted by Gasteiger charge is 2.24. The van der Waals surface area contributed by atoms with Crippen molar-refractivity contribution in [1.82, 2.24) is 20.1 Å². The summed E-state index contributed by atoms with van der Waals surface area (Å²) in [7, 11) is 0. The quantitative estimate of drug-likeness (QED) is 0.834. The summed E-state index contributed by atoms with van der Waals surface area (Å²) < 4.78 is 5.49. The minimum Gasteiger partial charge on any atom is -0.376 e. The van der Waals surface area contributed by atoms with Gasteiger partial charge in [0.05, 0.1) is 6.10 Å². The second-order valence-corrected chi connectivity index (χ2v) is 6.57. The van der Waals surface area contributed by atoms with E-state index in [0.29, 0.717) is 38.3 Å². The van der Waals surface area contributed by atoms with E-state index in [0.717, 1.165) is 19.4 Å². The first-order chi connectivity index (χ1) is 12.5. The number of hydrogen-bond donors (Lipinski definition) is 1. The van der Waals surface area contributed by atoms with Crippen molar-refractivity contribution in [3.05, 3.63) is 29.6 Å². The maximum atomic E-state index is 12.6. The summed E-state index contributed by atoms with van der Waals surface area (Å²) in [6.45, 7) is 4.71. The molecule has 1 atom stereocenters. The molecule has 1 aromatic rings. The van der Waals surface area contributed by atoms with Crippen LogP contribution >= 0.6 is 0 Å². The summed E-state index contributed by atoms with van der Waals surface area (Å²) in [5, 5.41) is 2.84. The molecule has 1 N–H and O–H groups in total. The van der Waals surface area contributed by atoms with E-state index in [9.17, 15) is 14.4 Å². The van der Waals surface area contributed by atoms with Crippen LogP contribution in [-0.4, -0.2) is 77.9 Å². The highest BCUT2D eigenvalue weighted by atomic mass is 16.5. The fraction of sp³-hybridized carbons (Fsp3) is 0.556. The number of amides is 3. The van der Waals surface area contributed by atoms with Gasteiger partial charge in [-0.25, -0.2) is 0 Å². The van der Waals surface area contributed by atoms with Crippen molar-refractivity contribution >= 4 is 17.7 Å². The second-order valence-electron chi connectivity index (χ2n) is 6.57. The number of nitrogens with one attached hydrogen (secondary N) is 1. The summed E-state index contributed by atoms with van der Waals surface area (Å²) >= 11 is 0. The number of rotatable bonds is 4. The predicted octanol–water partition coefficient (Wildman–Crippen LogP) is 0.295. The zero-order valence-electron chi connectivity index (χ0n) is 14.9. The zero-order valence-corrected chi connectivity index (χ0v) is 14.9. The number of nitrogens with zero attached hydrogens (tertiary/aromatic N) is 3. The van der Waals surface area contributed by atoms with E-state index in [4.69, 9.17) is 4.74 Å². The van der Waals surface area contributed by atoms with Gasteiger partial charge in [-0.3, -0.25) is 19.4 Å². The van der Waals surface area contributed by atoms with E-state index in [2.05, 4.69) is 10.3 Å². The van der Waals surface area contributed by atoms with Gasteiger partial charge in [0.1, 0.15) is 5.69 Å². The molecular formula is C18H24N4O4. The Morgan fingerprint density at radius 1 is 1.23 bits per heavy atom. The smallest absolute Gasteiger partial charge is 0.272 e. The van der Waals surface area contributed by atoms with Crippen LogP contribution in [0.1, 0.15) is 40.6 Å². The third kappa shape index (κ3) is 4.37. The molecule has 0 radical (unpaired) electrons. The van der Waals surface area contributed by atoms with Gasteiger partial charge in [0, 0.05) is 58.0 Å². The molecule has 140 valence electrons. The second kappa shape index (κ2) is 8.27. The summed E-state index contributed by atoms with van der Waals surface area (Å²) in [5.41, 5.74) is 0.648. The van der Waals surface area contributed by atoms with Gasteiger partial charge < -0.3 is 19.9 Å². The average Bonchev–Trinajstić information content (AvgIpc) is 3.19. The highest BCUT2D eigenvalue weighted by molar-refractivity contribution is 5.98. The van der Waals surface area contributed by atoms with Crippen LogP contribution < -0.4 is 5.32 Å². The number of pyridine rings is 1. The molecule has 1 aromatic heterocycles. The fourth-order valence-corrected chi connectivity index (χ4v) is 3.19.